The van der Waals surface area contributed by atoms with E-state index in [2.05, 4.69) is 47.6 Å². The molecule has 11 atom stereocenters. The first-order valence-electron chi connectivity index (χ1n) is 13.5. The second-order valence-electron chi connectivity index (χ2n) is 13.4. The van der Waals surface area contributed by atoms with Crippen LogP contribution in [-0.4, -0.2) is 11.2 Å². The van der Waals surface area contributed by atoms with Crippen LogP contribution in [0.25, 0.3) is 0 Å². The quantitative estimate of drug-likeness (QED) is 0.474. The zero-order chi connectivity index (χ0) is 21.4. The molecule has 0 amide bonds. The maximum absolute atomic E-state index is 10.3. The Hall–Kier alpha value is -0.300. The first kappa shape index (κ1) is 21.5. The van der Waals surface area contributed by atoms with E-state index < -0.39 is 0 Å². The Balaban J connectivity index is 1.34. The first-order chi connectivity index (χ1) is 14.2. The minimum atomic E-state index is -0.0386. The van der Waals surface area contributed by atoms with Gasteiger partial charge in [0.25, 0.3) is 0 Å². The molecule has 0 radical (unpaired) electrons. The van der Waals surface area contributed by atoms with Crippen LogP contribution in [0.5, 0.6) is 0 Å². The molecule has 5 aliphatic carbocycles. The Kier molecular flexibility index (Phi) is 5.28. The fourth-order valence-electron chi connectivity index (χ4n) is 9.63. The number of hydrogen-bond donors (Lipinski definition) is 1. The lowest BCUT2D eigenvalue weighted by Crippen LogP contribution is -2.50. The zero-order valence-electron chi connectivity index (χ0n) is 20.7. The summed E-state index contributed by atoms with van der Waals surface area (Å²) in [7, 11) is 0. The van der Waals surface area contributed by atoms with Crippen molar-refractivity contribution in [2.45, 2.75) is 105 Å². The molecule has 0 spiro atoms. The van der Waals surface area contributed by atoms with Gasteiger partial charge in [-0.3, -0.25) is 0 Å². The van der Waals surface area contributed by atoms with Gasteiger partial charge in [0.1, 0.15) is 0 Å². The summed E-state index contributed by atoms with van der Waals surface area (Å²) in [4.78, 5) is 0. The average molecular weight is 413 g/mol. The lowest BCUT2D eigenvalue weighted by Gasteiger charge is -2.57. The minimum Gasteiger partial charge on any atom is -0.393 e. The van der Waals surface area contributed by atoms with Gasteiger partial charge < -0.3 is 5.11 Å². The van der Waals surface area contributed by atoms with Gasteiger partial charge >= 0.3 is 0 Å². The van der Waals surface area contributed by atoms with Crippen LogP contribution < -0.4 is 0 Å². The topological polar surface area (TPSA) is 20.2 Å². The minimum absolute atomic E-state index is 0.0386. The van der Waals surface area contributed by atoms with Gasteiger partial charge in [-0.2, -0.15) is 0 Å². The molecule has 0 aliphatic heterocycles. The van der Waals surface area contributed by atoms with Crippen molar-refractivity contribution in [2.75, 3.05) is 0 Å². The van der Waals surface area contributed by atoms with Crippen LogP contribution >= 0.6 is 0 Å². The molecular weight excluding hydrogens is 364 g/mol. The summed E-state index contributed by atoms with van der Waals surface area (Å²) in [5, 5.41) is 10.3. The van der Waals surface area contributed by atoms with Crippen LogP contribution in [0.4, 0.5) is 0 Å². The van der Waals surface area contributed by atoms with Gasteiger partial charge in [0, 0.05) is 0 Å². The first-order valence-corrected chi connectivity index (χ1v) is 13.5. The monoisotopic (exact) mass is 412 g/mol. The highest BCUT2D eigenvalue weighted by Gasteiger charge is 2.60. The molecule has 1 heteroatoms. The van der Waals surface area contributed by atoms with E-state index in [0.717, 1.165) is 66.1 Å². The summed E-state index contributed by atoms with van der Waals surface area (Å²) in [5.41, 5.74) is 2.90. The summed E-state index contributed by atoms with van der Waals surface area (Å²) < 4.78 is 0. The molecule has 30 heavy (non-hydrogen) atoms. The summed E-state index contributed by atoms with van der Waals surface area (Å²) in [6, 6.07) is 0. The Bertz CT molecular complexity index is 692. The highest BCUT2D eigenvalue weighted by atomic mass is 16.3. The molecule has 170 valence electrons. The predicted molar refractivity (Wildman–Crippen MR) is 126 cm³/mol. The van der Waals surface area contributed by atoms with Crippen molar-refractivity contribution in [3.63, 3.8) is 0 Å². The molecule has 0 aromatic rings. The molecular formula is C29H48O. The Morgan fingerprint density at radius 1 is 0.867 bits per heavy atom. The molecule has 1 nitrogen and oxygen atoms in total. The van der Waals surface area contributed by atoms with Crippen molar-refractivity contribution >= 4 is 0 Å². The van der Waals surface area contributed by atoms with Crippen molar-refractivity contribution in [3.8, 4) is 0 Å². The van der Waals surface area contributed by atoms with Gasteiger partial charge in [-0.25, -0.2) is 0 Å². The van der Waals surface area contributed by atoms with E-state index in [4.69, 9.17) is 0 Å². The van der Waals surface area contributed by atoms with Gasteiger partial charge in [-0.1, -0.05) is 53.2 Å². The van der Waals surface area contributed by atoms with Crippen molar-refractivity contribution in [3.05, 3.63) is 11.6 Å². The Labute approximate surface area is 186 Å². The number of hydrogen-bond acceptors (Lipinski definition) is 1. The van der Waals surface area contributed by atoms with E-state index in [1.807, 2.05) is 5.57 Å². The van der Waals surface area contributed by atoms with E-state index in [-0.39, 0.29) is 6.10 Å². The summed E-state index contributed by atoms with van der Waals surface area (Å²) in [5.74, 6) is 7.99. The predicted octanol–water partition coefficient (Wildman–Crippen LogP) is 7.49. The summed E-state index contributed by atoms with van der Waals surface area (Å²) in [6.45, 7) is 15.3. The molecule has 0 saturated heterocycles. The molecule has 0 aromatic heterocycles. The zero-order valence-corrected chi connectivity index (χ0v) is 20.7. The third-order valence-electron chi connectivity index (χ3n) is 12.1. The van der Waals surface area contributed by atoms with Crippen LogP contribution in [-0.2, 0) is 0 Å². The molecule has 0 heterocycles. The van der Waals surface area contributed by atoms with E-state index in [9.17, 15) is 5.11 Å². The van der Waals surface area contributed by atoms with Crippen molar-refractivity contribution in [1.29, 1.82) is 0 Å². The van der Waals surface area contributed by atoms with E-state index in [1.165, 1.54) is 44.9 Å². The number of allylic oxidation sites excluding steroid dienone is 2. The van der Waals surface area contributed by atoms with Gasteiger partial charge in [0.15, 0.2) is 0 Å². The van der Waals surface area contributed by atoms with Crippen LogP contribution in [0.2, 0.25) is 0 Å². The van der Waals surface area contributed by atoms with Crippen LogP contribution in [0.15, 0.2) is 11.6 Å². The maximum Gasteiger partial charge on any atom is 0.0543 e. The van der Waals surface area contributed by atoms with Crippen molar-refractivity contribution < 1.29 is 5.11 Å². The molecule has 0 aromatic carbocycles. The van der Waals surface area contributed by atoms with Gasteiger partial charge in [0.2, 0.25) is 0 Å². The maximum atomic E-state index is 10.3. The second-order valence-corrected chi connectivity index (χ2v) is 13.4. The third-order valence-corrected chi connectivity index (χ3v) is 12.1. The fourth-order valence-corrected chi connectivity index (χ4v) is 9.63. The molecule has 4 fully saturated rings. The SMILES string of the molecule is CC(C)C(C)[C@H]1C[C@@H]1[C@@H](C)[C@H]1CC[C@H]2C3=CC[C@H]4C[C@@H](O)CC[C@]4(C)[C@H]3CC[C@]12C. The number of fused-ring (bicyclic) bond motifs is 5. The van der Waals surface area contributed by atoms with E-state index in [1.54, 1.807) is 0 Å². The molecule has 5 rings (SSSR count). The summed E-state index contributed by atoms with van der Waals surface area (Å²) in [6.07, 6.45) is 14.5. The Morgan fingerprint density at radius 3 is 2.30 bits per heavy atom. The van der Waals surface area contributed by atoms with Crippen molar-refractivity contribution in [1.82, 2.24) is 0 Å². The van der Waals surface area contributed by atoms with Gasteiger partial charge in [-0.05, 0) is 122 Å². The number of rotatable bonds is 4. The number of aliphatic hydroxyl groups is 1. The normalized spacial score (nSPS) is 52.1. The number of aliphatic hydroxyl groups excluding tert-OH is 1. The lowest BCUT2D eigenvalue weighted by atomic mass is 9.47. The summed E-state index contributed by atoms with van der Waals surface area (Å²) >= 11 is 0. The lowest BCUT2D eigenvalue weighted by molar-refractivity contribution is -0.0433. The molecule has 0 bridgehead atoms. The van der Waals surface area contributed by atoms with Crippen LogP contribution in [0.3, 0.4) is 0 Å². The van der Waals surface area contributed by atoms with Gasteiger partial charge in [-0.15, -0.1) is 0 Å². The smallest absolute Gasteiger partial charge is 0.0543 e. The Morgan fingerprint density at radius 2 is 1.57 bits per heavy atom. The molecule has 1 N–H and O–H groups in total. The van der Waals surface area contributed by atoms with Crippen LogP contribution in [0, 0.1) is 64.1 Å². The third kappa shape index (κ3) is 3.11. The average Bonchev–Trinajstić information content (AvgIpc) is 3.42. The highest BCUT2D eigenvalue weighted by Crippen LogP contribution is 2.68. The fraction of sp³-hybridized carbons (Fsp3) is 0.931. The van der Waals surface area contributed by atoms with Crippen molar-refractivity contribution in [2.24, 2.45) is 64.1 Å². The van der Waals surface area contributed by atoms with Gasteiger partial charge in [0.05, 0.1) is 6.10 Å². The van der Waals surface area contributed by atoms with Crippen LogP contribution in [0.1, 0.15) is 99.3 Å². The largest absolute Gasteiger partial charge is 0.393 e. The highest BCUT2D eigenvalue weighted by molar-refractivity contribution is 5.28. The molecule has 5 aliphatic rings. The van der Waals surface area contributed by atoms with E-state index in [0.29, 0.717) is 10.8 Å². The van der Waals surface area contributed by atoms with E-state index >= 15 is 0 Å². The second kappa shape index (κ2) is 7.36. The standard InChI is InChI=1S/C29H48O/c1-17(2)18(3)23-16-24(23)19(4)25-9-10-26-22-8-7-20-15-21(30)11-13-28(20,5)27(22)12-14-29(25,26)6/h8,17-21,23-27,30H,7,9-16H2,1-6H3/t18?,19-,20+,21+,23-,24-,25-,26+,27+,28+,29-/m1/s1. The molecule has 1 unspecified atom stereocenters. The molecule has 4 saturated carbocycles.